The number of amides is 1. The van der Waals surface area contributed by atoms with Gasteiger partial charge in [-0.05, 0) is 69.4 Å². The number of rotatable bonds is 6. The van der Waals surface area contributed by atoms with Gasteiger partial charge in [0.15, 0.2) is 5.78 Å². The number of benzene rings is 1. The van der Waals surface area contributed by atoms with Crippen molar-refractivity contribution in [1.82, 2.24) is 10.3 Å². The smallest absolute Gasteiger partial charge is 0.255 e. The highest BCUT2D eigenvalue weighted by molar-refractivity contribution is 6.09. The molecule has 1 aromatic carbocycles. The highest BCUT2D eigenvalue weighted by Crippen LogP contribution is 2.43. The molecule has 2 N–H and O–H groups in total. The molecule has 2 aromatic rings. The molecule has 0 radical (unpaired) electrons. The first-order valence-electron chi connectivity index (χ1n) is 12.1. The van der Waals surface area contributed by atoms with Crippen LogP contribution in [0.25, 0.3) is 0 Å². The van der Waals surface area contributed by atoms with Gasteiger partial charge < -0.3 is 15.5 Å². The summed E-state index contributed by atoms with van der Waals surface area (Å²) in [5, 5.41) is 6.35. The first kappa shape index (κ1) is 23.7. The van der Waals surface area contributed by atoms with Gasteiger partial charge in [-0.15, -0.1) is 0 Å². The van der Waals surface area contributed by atoms with Gasteiger partial charge in [-0.1, -0.05) is 25.1 Å². The van der Waals surface area contributed by atoms with Gasteiger partial charge >= 0.3 is 0 Å². The monoisotopic (exact) mass is 458 g/mol. The summed E-state index contributed by atoms with van der Waals surface area (Å²) in [4.78, 5) is 33.5. The van der Waals surface area contributed by atoms with Crippen molar-refractivity contribution in [3.05, 3.63) is 76.3 Å². The van der Waals surface area contributed by atoms with Gasteiger partial charge in [0.1, 0.15) is 5.82 Å². The Morgan fingerprint density at radius 1 is 1.09 bits per heavy atom. The number of carbonyl (C=O) groups excluding carboxylic acids is 2. The Balaban J connectivity index is 1.76. The van der Waals surface area contributed by atoms with Crippen LogP contribution in [-0.4, -0.2) is 29.8 Å². The average Bonchev–Trinajstić information content (AvgIpc) is 2.80. The number of aromatic nitrogens is 1. The number of ketones is 1. The van der Waals surface area contributed by atoms with Gasteiger partial charge in [0.05, 0.1) is 0 Å². The molecule has 178 valence electrons. The van der Waals surface area contributed by atoms with Crippen LogP contribution in [0.2, 0.25) is 0 Å². The van der Waals surface area contributed by atoms with Gasteiger partial charge in [-0.25, -0.2) is 4.98 Å². The lowest BCUT2D eigenvalue weighted by Gasteiger charge is -2.36. The molecule has 1 aliphatic heterocycles. The molecule has 2 unspecified atom stereocenters. The fourth-order valence-electron chi connectivity index (χ4n) is 5.06. The second-order valence-corrected chi connectivity index (χ2v) is 9.36. The third kappa shape index (κ3) is 4.63. The largest absolute Gasteiger partial charge is 0.372 e. The zero-order valence-corrected chi connectivity index (χ0v) is 20.7. The molecule has 6 heteroatoms. The van der Waals surface area contributed by atoms with Gasteiger partial charge in [0.25, 0.3) is 5.91 Å². The number of hydrogen-bond donors (Lipinski definition) is 2. The number of pyridine rings is 1. The Morgan fingerprint density at radius 2 is 1.79 bits per heavy atom. The van der Waals surface area contributed by atoms with E-state index in [0.29, 0.717) is 17.8 Å². The standard InChI is InChI=1S/C28H34N4O2/c1-6-32(7-2)21-11-9-20(10-12-21)26-25(28(34)31-24-13-8-17(3)16-29-24)19(5)30-22-14-18(4)15-23(33)27(22)26/h8-13,16,18,26,30H,6-7,14-15H2,1-5H3,(H,29,31,34). The Bertz CT molecular complexity index is 1140. The maximum atomic E-state index is 13.6. The molecular weight excluding hydrogens is 424 g/mol. The Labute approximate surface area is 202 Å². The lowest BCUT2D eigenvalue weighted by atomic mass is 9.73. The molecule has 1 aromatic heterocycles. The summed E-state index contributed by atoms with van der Waals surface area (Å²) in [7, 11) is 0. The maximum Gasteiger partial charge on any atom is 0.255 e. The molecule has 4 rings (SSSR count). The Hall–Kier alpha value is -3.41. The zero-order chi connectivity index (χ0) is 24.4. The molecule has 1 aliphatic carbocycles. The summed E-state index contributed by atoms with van der Waals surface area (Å²) < 4.78 is 0. The van der Waals surface area contributed by atoms with Crippen LogP contribution >= 0.6 is 0 Å². The van der Waals surface area contributed by atoms with Gasteiger partial charge in [-0.3, -0.25) is 9.59 Å². The highest BCUT2D eigenvalue weighted by atomic mass is 16.2. The highest BCUT2D eigenvalue weighted by Gasteiger charge is 2.39. The van der Waals surface area contributed by atoms with E-state index in [0.717, 1.165) is 53.3 Å². The van der Waals surface area contributed by atoms with Gasteiger partial charge in [0.2, 0.25) is 0 Å². The lowest BCUT2D eigenvalue weighted by Crippen LogP contribution is -2.37. The molecule has 0 saturated heterocycles. The third-order valence-corrected chi connectivity index (χ3v) is 6.78. The first-order valence-corrected chi connectivity index (χ1v) is 12.1. The molecular formula is C28H34N4O2. The van der Waals surface area contributed by atoms with E-state index in [1.165, 1.54) is 0 Å². The normalized spacial score (nSPS) is 20.1. The van der Waals surface area contributed by atoms with E-state index in [9.17, 15) is 9.59 Å². The lowest BCUT2D eigenvalue weighted by molar-refractivity contribution is -0.117. The predicted octanol–water partition coefficient (Wildman–Crippen LogP) is 5.09. The number of nitrogens with one attached hydrogen (secondary N) is 2. The summed E-state index contributed by atoms with van der Waals surface area (Å²) in [6, 6.07) is 12.0. The zero-order valence-electron chi connectivity index (χ0n) is 20.7. The molecule has 2 heterocycles. The number of carbonyl (C=O) groups is 2. The van der Waals surface area contributed by atoms with Crippen LogP contribution < -0.4 is 15.5 Å². The first-order chi connectivity index (χ1) is 16.3. The Kier molecular flexibility index (Phi) is 6.87. The van der Waals surface area contributed by atoms with Crippen LogP contribution in [0.5, 0.6) is 0 Å². The summed E-state index contributed by atoms with van der Waals surface area (Å²) in [5.41, 5.74) is 6.13. The van der Waals surface area contributed by atoms with Crippen molar-refractivity contribution in [2.75, 3.05) is 23.3 Å². The van der Waals surface area contributed by atoms with Gasteiger partial charge in [-0.2, -0.15) is 0 Å². The topological polar surface area (TPSA) is 74.3 Å². The molecule has 0 bridgehead atoms. The van der Waals surface area contributed by atoms with Crippen molar-refractivity contribution in [3.63, 3.8) is 0 Å². The van der Waals surface area contributed by atoms with E-state index in [2.05, 4.69) is 65.6 Å². The minimum Gasteiger partial charge on any atom is -0.372 e. The van der Waals surface area contributed by atoms with Crippen LogP contribution in [-0.2, 0) is 9.59 Å². The molecule has 0 spiro atoms. The van der Waals surface area contributed by atoms with Crippen LogP contribution in [0.3, 0.4) is 0 Å². The maximum absolute atomic E-state index is 13.6. The minimum absolute atomic E-state index is 0.116. The summed E-state index contributed by atoms with van der Waals surface area (Å²) in [5.74, 6) is 0.245. The summed E-state index contributed by atoms with van der Waals surface area (Å²) >= 11 is 0. The molecule has 34 heavy (non-hydrogen) atoms. The van der Waals surface area contributed by atoms with Crippen molar-refractivity contribution in [2.45, 2.75) is 53.4 Å². The van der Waals surface area contributed by atoms with E-state index in [1.807, 2.05) is 19.9 Å². The number of nitrogens with zero attached hydrogens (tertiary/aromatic N) is 2. The number of dihydropyridines is 1. The van der Waals surface area contributed by atoms with Crippen molar-refractivity contribution in [3.8, 4) is 0 Å². The van der Waals surface area contributed by atoms with Crippen molar-refractivity contribution < 1.29 is 9.59 Å². The van der Waals surface area contributed by atoms with Gasteiger partial charge in [0, 0.05) is 59.9 Å². The number of allylic oxidation sites excluding steroid dienone is 3. The second-order valence-electron chi connectivity index (χ2n) is 9.36. The fourth-order valence-corrected chi connectivity index (χ4v) is 5.06. The average molecular weight is 459 g/mol. The Morgan fingerprint density at radius 3 is 2.41 bits per heavy atom. The summed E-state index contributed by atoms with van der Waals surface area (Å²) in [6.07, 6.45) is 3.04. The fraction of sp³-hybridized carbons (Fsp3) is 0.393. The molecule has 2 atom stereocenters. The van der Waals surface area contributed by atoms with Crippen LogP contribution in [0.15, 0.2) is 65.1 Å². The number of aryl methyl sites for hydroxylation is 1. The summed E-state index contributed by atoms with van der Waals surface area (Å²) in [6.45, 7) is 12.1. The van der Waals surface area contributed by atoms with Crippen molar-refractivity contribution in [2.24, 2.45) is 5.92 Å². The van der Waals surface area contributed by atoms with E-state index < -0.39 is 5.92 Å². The third-order valence-electron chi connectivity index (χ3n) is 6.78. The SMILES string of the molecule is CCN(CC)c1ccc(C2C(C(=O)Nc3ccc(C)cn3)=C(C)NC3=C2C(=O)CC(C)C3)cc1. The second kappa shape index (κ2) is 9.84. The molecule has 0 fully saturated rings. The van der Waals surface area contributed by atoms with Crippen LogP contribution in [0, 0.1) is 12.8 Å². The molecule has 0 saturated carbocycles. The van der Waals surface area contributed by atoms with Crippen molar-refractivity contribution in [1.29, 1.82) is 0 Å². The molecule has 6 nitrogen and oxygen atoms in total. The number of hydrogen-bond acceptors (Lipinski definition) is 5. The van der Waals surface area contributed by atoms with Crippen molar-refractivity contribution >= 4 is 23.2 Å². The predicted molar refractivity (Wildman–Crippen MR) is 137 cm³/mol. The number of Topliss-reactive ketones (excluding diaryl/α,β-unsaturated/α-hetero) is 1. The quantitative estimate of drug-likeness (QED) is 0.631. The molecule has 1 amide bonds. The molecule has 2 aliphatic rings. The van der Waals surface area contributed by atoms with Crippen LogP contribution in [0.4, 0.5) is 11.5 Å². The van der Waals surface area contributed by atoms with E-state index in [1.54, 1.807) is 12.3 Å². The van der Waals surface area contributed by atoms with E-state index in [4.69, 9.17) is 0 Å². The van der Waals surface area contributed by atoms with E-state index in [-0.39, 0.29) is 17.6 Å². The number of anilines is 2. The van der Waals surface area contributed by atoms with Crippen LogP contribution in [0.1, 0.15) is 57.6 Å². The van der Waals surface area contributed by atoms with E-state index >= 15 is 0 Å². The minimum atomic E-state index is -0.410.